The first kappa shape index (κ1) is 8.63. The van der Waals surface area contributed by atoms with Crippen molar-refractivity contribution in [1.82, 2.24) is 4.90 Å². The van der Waals surface area contributed by atoms with Crippen LogP contribution in [0.3, 0.4) is 0 Å². The molecule has 2 amide bonds. The van der Waals surface area contributed by atoms with E-state index in [-0.39, 0.29) is 11.5 Å². The fourth-order valence-corrected chi connectivity index (χ4v) is 2.18. The van der Waals surface area contributed by atoms with Crippen molar-refractivity contribution in [2.24, 2.45) is 5.73 Å². The van der Waals surface area contributed by atoms with Crippen molar-refractivity contribution < 1.29 is 13.9 Å². The van der Waals surface area contributed by atoms with Crippen molar-refractivity contribution in [1.29, 1.82) is 0 Å². The van der Waals surface area contributed by atoms with Crippen molar-refractivity contribution in [3.63, 3.8) is 0 Å². The van der Waals surface area contributed by atoms with E-state index in [0.29, 0.717) is 13.1 Å². The summed E-state index contributed by atoms with van der Waals surface area (Å²) in [5.74, 6) is 0.520. The zero-order chi connectivity index (χ0) is 8.48. The summed E-state index contributed by atoms with van der Waals surface area (Å²) < 4.78 is 18.3. The van der Waals surface area contributed by atoms with E-state index in [4.69, 9.17) is 14.8 Å². The first-order valence-corrected chi connectivity index (χ1v) is 5.18. The number of primary amides is 1. The number of amides is 2. The van der Waals surface area contributed by atoms with Crippen LogP contribution >= 0.6 is 10.6 Å². The van der Waals surface area contributed by atoms with Crippen LogP contribution in [0.1, 0.15) is 0 Å². The van der Waals surface area contributed by atoms with Gasteiger partial charge in [-0.05, 0) is 0 Å². The smallest absolute Gasteiger partial charge is 0.314 e. The third-order valence-corrected chi connectivity index (χ3v) is 3.36. The molecule has 0 saturated carbocycles. The minimum absolute atomic E-state index is 0.260. The van der Waals surface area contributed by atoms with Gasteiger partial charge in [0, 0.05) is 13.1 Å². The number of hydrogen-bond donors (Lipinski definition) is 3. The number of urea groups is 1. The van der Waals surface area contributed by atoms with Crippen LogP contribution in [0, 0.1) is 0 Å². The maximum Gasteiger partial charge on any atom is 0.314 e. The molecule has 0 unspecified atom stereocenters. The Hall–Kier alpha value is -0.460. The molecule has 0 bridgehead atoms. The molecule has 0 aromatic rings. The minimum Gasteiger partial charge on any atom is -0.351 e. The summed E-state index contributed by atoms with van der Waals surface area (Å²) in [7, 11) is -2.40. The van der Waals surface area contributed by atoms with Gasteiger partial charge >= 0.3 is 6.03 Å². The molecule has 0 atom stereocenters. The van der Waals surface area contributed by atoms with Crippen molar-refractivity contribution >= 4 is 16.6 Å². The molecule has 6 heteroatoms. The number of nitrogens with zero attached hydrogens (tertiary/aromatic N) is 1. The van der Waals surface area contributed by atoms with Crippen molar-refractivity contribution in [3.8, 4) is 0 Å². The van der Waals surface area contributed by atoms with Crippen LogP contribution in [0.25, 0.3) is 0 Å². The molecule has 0 aromatic carbocycles. The van der Waals surface area contributed by atoms with E-state index < -0.39 is 16.6 Å². The first-order chi connectivity index (χ1) is 5.01. The highest BCUT2D eigenvalue weighted by atomic mass is 32.3. The van der Waals surface area contributed by atoms with E-state index in [1.807, 2.05) is 0 Å². The predicted octanol–water partition coefficient (Wildman–Crippen LogP) is 0.131. The Morgan fingerprint density at radius 1 is 1.36 bits per heavy atom. The van der Waals surface area contributed by atoms with Gasteiger partial charge in [-0.2, -0.15) is 10.6 Å². The molecule has 11 heavy (non-hydrogen) atoms. The molecule has 0 aliphatic carbocycles. The molecule has 0 aromatic heterocycles. The highest BCUT2D eigenvalue weighted by Gasteiger charge is 2.23. The van der Waals surface area contributed by atoms with Crippen LogP contribution in [0.2, 0.25) is 0 Å². The van der Waals surface area contributed by atoms with Crippen LogP contribution < -0.4 is 5.73 Å². The number of carbonyl (C=O) groups is 1. The van der Waals surface area contributed by atoms with Gasteiger partial charge in [-0.25, -0.2) is 4.79 Å². The molecule has 1 saturated heterocycles. The van der Waals surface area contributed by atoms with E-state index >= 15 is 0 Å². The zero-order valence-corrected chi connectivity index (χ0v) is 6.88. The van der Waals surface area contributed by atoms with Gasteiger partial charge in [-0.3, -0.25) is 9.11 Å². The Kier molecular flexibility index (Phi) is 2.26. The molecule has 1 aliphatic rings. The number of nitrogens with two attached hydrogens (primary N) is 1. The molecular weight excluding hydrogens is 168 g/mol. The number of carbonyl (C=O) groups excluding carboxylic acids is 1. The second kappa shape index (κ2) is 2.88. The van der Waals surface area contributed by atoms with Crippen molar-refractivity contribution in [2.75, 3.05) is 24.6 Å². The minimum atomic E-state index is -2.40. The fourth-order valence-electron chi connectivity index (χ4n) is 0.947. The third-order valence-electron chi connectivity index (χ3n) is 1.69. The molecule has 4 N–H and O–H groups in total. The monoisotopic (exact) mass is 180 g/mol. The van der Waals surface area contributed by atoms with Gasteiger partial charge in [-0.15, -0.1) is 0 Å². The van der Waals surface area contributed by atoms with Crippen LogP contribution in [0.4, 0.5) is 4.79 Å². The molecule has 1 rings (SSSR count). The van der Waals surface area contributed by atoms with E-state index in [9.17, 15) is 4.79 Å². The molecule has 0 spiro atoms. The second-order valence-electron chi connectivity index (χ2n) is 2.54. The molecule has 0 radical (unpaired) electrons. The zero-order valence-electron chi connectivity index (χ0n) is 6.06. The summed E-state index contributed by atoms with van der Waals surface area (Å²) in [4.78, 5) is 12.0. The standard InChI is InChI=1S/C5H12N2O3S/c6-5(8)7-1-3-11(9,10)4-2-7/h9-10H,1-4H2,(H2,6,8). The van der Waals surface area contributed by atoms with E-state index in [0.717, 1.165) is 0 Å². The normalized spacial score (nSPS) is 26.2. The summed E-state index contributed by atoms with van der Waals surface area (Å²) in [6.07, 6.45) is 0. The Morgan fingerprint density at radius 2 is 1.82 bits per heavy atom. The largest absolute Gasteiger partial charge is 0.351 e. The average molecular weight is 180 g/mol. The van der Waals surface area contributed by atoms with Gasteiger partial charge in [0.25, 0.3) is 0 Å². The van der Waals surface area contributed by atoms with Gasteiger partial charge < -0.3 is 10.6 Å². The second-order valence-corrected chi connectivity index (χ2v) is 4.96. The van der Waals surface area contributed by atoms with Crippen LogP contribution in [-0.4, -0.2) is 44.6 Å². The Balaban J connectivity index is 2.42. The average Bonchev–Trinajstić information content (AvgIpc) is 1.86. The van der Waals surface area contributed by atoms with Gasteiger partial charge in [-0.1, -0.05) is 0 Å². The summed E-state index contributed by atoms with van der Waals surface area (Å²) in [5.41, 5.74) is 4.99. The van der Waals surface area contributed by atoms with Gasteiger partial charge in [0.15, 0.2) is 0 Å². The summed E-state index contributed by atoms with van der Waals surface area (Å²) in [6.45, 7) is 0.718. The molecule has 5 nitrogen and oxygen atoms in total. The molecular formula is C5H12N2O3S. The van der Waals surface area contributed by atoms with Crippen molar-refractivity contribution in [3.05, 3.63) is 0 Å². The SMILES string of the molecule is NC(=O)N1CCS(O)(O)CC1. The van der Waals surface area contributed by atoms with E-state index in [1.54, 1.807) is 0 Å². The quantitative estimate of drug-likeness (QED) is 0.495. The van der Waals surface area contributed by atoms with Crippen LogP contribution in [0.15, 0.2) is 0 Å². The van der Waals surface area contributed by atoms with Gasteiger partial charge in [0.05, 0.1) is 11.5 Å². The summed E-state index contributed by atoms with van der Waals surface area (Å²) in [5, 5.41) is 0. The highest BCUT2D eigenvalue weighted by molar-refractivity contribution is 8.24. The molecule has 1 heterocycles. The van der Waals surface area contributed by atoms with Crippen molar-refractivity contribution in [2.45, 2.75) is 0 Å². The third kappa shape index (κ3) is 2.25. The topological polar surface area (TPSA) is 86.8 Å². The Morgan fingerprint density at radius 3 is 2.18 bits per heavy atom. The Labute approximate surface area is 66.5 Å². The Bertz CT molecular complexity index is 163. The lowest BCUT2D eigenvalue weighted by molar-refractivity contribution is 0.211. The molecule has 1 fully saturated rings. The summed E-state index contributed by atoms with van der Waals surface area (Å²) in [6, 6.07) is -0.486. The molecule has 66 valence electrons. The van der Waals surface area contributed by atoms with Crippen LogP contribution in [0.5, 0.6) is 0 Å². The van der Waals surface area contributed by atoms with Crippen LogP contribution in [-0.2, 0) is 0 Å². The number of rotatable bonds is 0. The highest BCUT2D eigenvalue weighted by Crippen LogP contribution is 2.40. The van der Waals surface area contributed by atoms with E-state index in [1.165, 1.54) is 4.90 Å². The lowest BCUT2D eigenvalue weighted by atomic mass is 10.5. The molecule has 1 aliphatic heterocycles. The number of hydrogen-bond acceptors (Lipinski definition) is 3. The summed E-state index contributed by atoms with van der Waals surface area (Å²) >= 11 is 0. The predicted molar refractivity (Wildman–Crippen MR) is 43.7 cm³/mol. The maximum absolute atomic E-state index is 10.6. The first-order valence-electron chi connectivity index (χ1n) is 3.29. The van der Waals surface area contributed by atoms with Gasteiger partial charge in [0.1, 0.15) is 0 Å². The lowest BCUT2D eigenvalue weighted by Gasteiger charge is -2.40. The van der Waals surface area contributed by atoms with E-state index in [2.05, 4.69) is 0 Å². The van der Waals surface area contributed by atoms with Gasteiger partial charge in [0.2, 0.25) is 0 Å². The lowest BCUT2D eigenvalue weighted by Crippen LogP contribution is -2.44. The maximum atomic E-state index is 10.6. The fraction of sp³-hybridized carbons (Fsp3) is 0.800.